The van der Waals surface area contributed by atoms with E-state index in [0.29, 0.717) is 12.3 Å². The highest BCUT2D eigenvalue weighted by Gasteiger charge is 1.96. The lowest BCUT2D eigenvalue weighted by Gasteiger charge is -1.88. The van der Waals surface area contributed by atoms with E-state index in [0.717, 1.165) is 30.8 Å². The third-order valence-corrected chi connectivity index (χ3v) is 1.96. The van der Waals surface area contributed by atoms with Crippen molar-refractivity contribution in [2.75, 3.05) is 0 Å². The smallest absolute Gasteiger partial charge is 0.106 e. The highest BCUT2D eigenvalue weighted by atomic mass is 35.5. The Balaban J connectivity index is 0. The molecule has 0 bridgehead atoms. The molecule has 0 atom stereocenters. The van der Waals surface area contributed by atoms with Crippen molar-refractivity contribution < 1.29 is 0 Å². The van der Waals surface area contributed by atoms with Gasteiger partial charge < -0.3 is 4.98 Å². The summed E-state index contributed by atoms with van der Waals surface area (Å²) in [5.74, 6) is 1.56. The number of aromatic amines is 1. The largest absolute Gasteiger partial charge is 0.345 e. The summed E-state index contributed by atoms with van der Waals surface area (Å²) in [6, 6.07) is 2.02. The predicted octanol–water partition coefficient (Wildman–Crippen LogP) is 3.83. The van der Waals surface area contributed by atoms with E-state index in [9.17, 15) is 0 Å². The van der Waals surface area contributed by atoms with Gasteiger partial charge in [0.05, 0.1) is 11.9 Å². The lowest BCUT2D eigenvalue weighted by molar-refractivity contribution is 0.853. The molecule has 0 amide bonds. The minimum Gasteiger partial charge on any atom is -0.345 e. The summed E-state index contributed by atoms with van der Waals surface area (Å²) in [4.78, 5) is 7.26. The number of halogens is 2. The quantitative estimate of drug-likeness (QED) is 0.840. The SMILES string of the molecule is CCCC#N.CCCc1ncc(CCl)[nH]1.Cl. The van der Waals surface area contributed by atoms with Crippen molar-refractivity contribution in [1.29, 1.82) is 5.26 Å². The first-order chi connectivity index (χ1) is 7.28. The molecule has 0 aromatic carbocycles. The Morgan fingerprint density at radius 1 is 1.44 bits per heavy atom. The van der Waals surface area contributed by atoms with Crippen LogP contribution >= 0.6 is 24.0 Å². The van der Waals surface area contributed by atoms with Gasteiger partial charge in [0.2, 0.25) is 0 Å². The van der Waals surface area contributed by atoms with Gasteiger partial charge in [-0.1, -0.05) is 13.8 Å². The molecule has 0 aliphatic carbocycles. The highest BCUT2D eigenvalue weighted by Crippen LogP contribution is 2.01. The molecule has 1 N–H and O–H groups in total. The number of hydrogen-bond acceptors (Lipinski definition) is 2. The zero-order valence-corrected chi connectivity index (χ0v) is 11.4. The Hall–Kier alpha value is -0.720. The number of nitrogens with zero attached hydrogens (tertiary/aromatic N) is 2. The fraction of sp³-hybridized carbons (Fsp3) is 0.636. The molecule has 1 aromatic heterocycles. The molecule has 5 heteroatoms. The average Bonchev–Trinajstić information content (AvgIpc) is 2.68. The number of alkyl halides is 1. The number of unbranched alkanes of at least 4 members (excludes halogenated alkanes) is 1. The molecule has 16 heavy (non-hydrogen) atoms. The van der Waals surface area contributed by atoms with Crippen molar-refractivity contribution in [3.8, 4) is 6.07 Å². The van der Waals surface area contributed by atoms with Crippen molar-refractivity contribution in [2.24, 2.45) is 0 Å². The van der Waals surface area contributed by atoms with Crippen molar-refractivity contribution >= 4 is 24.0 Å². The first-order valence-electron chi connectivity index (χ1n) is 5.24. The lowest BCUT2D eigenvalue weighted by atomic mass is 10.3. The Morgan fingerprint density at radius 3 is 2.44 bits per heavy atom. The van der Waals surface area contributed by atoms with Crippen LogP contribution in [0.3, 0.4) is 0 Å². The van der Waals surface area contributed by atoms with Crippen molar-refractivity contribution in [2.45, 2.75) is 45.4 Å². The van der Waals surface area contributed by atoms with Gasteiger partial charge in [0, 0.05) is 24.7 Å². The third kappa shape index (κ3) is 8.58. The topological polar surface area (TPSA) is 52.5 Å². The van der Waals surface area contributed by atoms with E-state index in [1.54, 1.807) is 6.20 Å². The third-order valence-electron chi connectivity index (χ3n) is 1.67. The minimum absolute atomic E-state index is 0. The summed E-state index contributed by atoms with van der Waals surface area (Å²) in [7, 11) is 0. The van der Waals surface area contributed by atoms with Gasteiger partial charge in [-0.3, -0.25) is 0 Å². The maximum atomic E-state index is 7.82. The van der Waals surface area contributed by atoms with Crippen LogP contribution in [0.2, 0.25) is 0 Å². The Labute approximate surface area is 109 Å². The molecule has 1 rings (SSSR count). The average molecular weight is 264 g/mol. The number of nitriles is 1. The van der Waals surface area contributed by atoms with Gasteiger partial charge in [-0.25, -0.2) is 4.98 Å². The molecular weight excluding hydrogens is 245 g/mol. The zero-order chi connectivity index (χ0) is 11.5. The monoisotopic (exact) mass is 263 g/mol. The molecular formula is C11H19Cl2N3. The number of aromatic nitrogens is 2. The minimum atomic E-state index is 0. The van der Waals surface area contributed by atoms with Gasteiger partial charge in [0.15, 0.2) is 0 Å². The Kier molecular flexibility index (Phi) is 13.6. The standard InChI is InChI=1S/C7H11ClN2.C4H7N.ClH/c1-2-3-7-9-5-6(4-8)10-7;1-2-3-4-5;/h5H,2-4H2,1H3,(H,9,10);2-3H2,1H3;1H. The Morgan fingerprint density at radius 2 is 2.12 bits per heavy atom. The maximum Gasteiger partial charge on any atom is 0.106 e. The molecule has 0 unspecified atom stereocenters. The van der Waals surface area contributed by atoms with Crippen LogP contribution in [0.15, 0.2) is 6.20 Å². The van der Waals surface area contributed by atoms with E-state index in [4.69, 9.17) is 16.9 Å². The van der Waals surface area contributed by atoms with Gasteiger partial charge in [-0.15, -0.1) is 24.0 Å². The molecule has 92 valence electrons. The van der Waals surface area contributed by atoms with Crippen molar-refractivity contribution in [1.82, 2.24) is 9.97 Å². The predicted molar refractivity (Wildman–Crippen MR) is 69.9 cm³/mol. The molecule has 0 aliphatic heterocycles. The van der Waals surface area contributed by atoms with E-state index in [1.807, 2.05) is 13.0 Å². The molecule has 0 radical (unpaired) electrons. The summed E-state index contributed by atoms with van der Waals surface area (Å²) in [5, 5.41) is 7.82. The molecule has 0 fully saturated rings. The Bertz CT molecular complexity index is 292. The van der Waals surface area contributed by atoms with Gasteiger partial charge in [-0.2, -0.15) is 5.26 Å². The number of nitrogens with one attached hydrogen (secondary N) is 1. The van der Waals surface area contributed by atoms with Crippen molar-refractivity contribution in [3.63, 3.8) is 0 Å². The fourth-order valence-electron chi connectivity index (χ4n) is 0.949. The molecule has 0 saturated heterocycles. The molecule has 3 nitrogen and oxygen atoms in total. The first kappa shape index (κ1) is 17.7. The van der Waals surface area contributed by atoms with Crippen LogP contribution in [0.25, 0.3) is 0 Å². The molecule has 1 aromatic rings. The second-order valence-electron chi connectivity index (χ2n) is 3.15. The van der Waals surface area contributed by atoms with Gasteiger partial charge in [0.1, 0.15) is 5.82 Å². The summed E-state index contributed by atoms with van der Waals surface area (Å²) in [6.45, 7) is 4.12. The van der Waals surface area contributed by atoms with Gasteiger partial charge in [0.25, 0.3) is 0 Å². The molecule has 1 heterocycles. The van der Waals surface area contributed by atoms with E-state index < -0.39 is 0 Å². The fourth-order valence-corrected chi connectivity index (χ4v) is 1.09. The molecule has 0 spiro atoms. The van der Waals surface area contributed by atoms with E-state index in [-0.39, 0.29) is 12.4 Å². The summed E-state index contributed by atoms with van der Waals surface area (Å²) in [5.41, 5.74) is 1.00. The summed E-state index contributed by atoms with van der Waals surface area (Å²) >= 11 is 5.57. The van der Waals surface area contributed by atoms with E-state index in [2.05, 4.69) is 16.9 Å². The lowest BCUT2D eigenvalue weighted by Crippen LogP contribution is -1.85. The van der Waals surface area contributed by atoms with Crippen molar-refractivity contribution in [3.05, 3.63) is 17.7 Å². The summed E-state index contributed by atoms with van der Waals surface area (Å²) in [6.07, 6.45) is 5.60. The van der Waals surface area contributed by atoms with Crippen LogP contribution in [0.4, 0.5) is 0 Å². The van der Waals surface area contributed by atoms with Crippen LogP contribution in [-0.4, -0.2) is 9.97 Å². The molecule has 0 saturated carbocycles. The normalized spacial score (nSPS) is 8.38. The first-order valence-corrected chi connectivity index (χ1v) is 5.77. The van der Waals surface area contributed by atoms with Crippen LogP contribution in [0.5, 0.6) is 0 Å². The van der Waals surface area contributed by atoms with Gasteiger partial charge >= 0.3 is 0 Å². The highest BCUT2D eigenvalue weighted by molar-refractivity contribution is 6.16. The molecule has 0 aliphatic rings. The summed E-state index contributed by atoms with van der Waals surface area (Å²) < 4.78 is 0. The number of imidazole rings is 1. The number of aryl methyl sites for hydroxylation is 1. The van der Waals surface area contributed by atoms with E-state index in [1.165, 1.54) is 0 Å². The number of rotatable bonds is 4. The second-order valence-corrected chi connectivity index (χ2v) is 3.41. The van der Waals surface area contributed by atoms with Crippen LogP contribution < -0.4 is 0 Å². The second kappa shape index (κ2) is 12.4. The van der Waals surface area contributed by atoms with Gasteiger partial charge in [-0.05, 0) is 12.8 Å². The number of hydrogen-bond donors (Lipinski definition) is 1. The zero-order valence-electron chi connectivity index (χ0n) is 9.79. The van der Waals surface area contributed by atoms with Crippen LogP contribution in [0, 0.1) is 11.3 Å². The number of H-pyrrole nitrogens is 1. The van der Waals surface area contributed by atoms with E-state index >= 15 is 0 Å². The van der Waals surface area contributed by atoms with Crippen LogP contribution in [0.1, 0.15) is 44.6 Å². The van der Waals surface area contributed by atoms with Crippen LogP contribution in [-0.2, 0) is 12.3 Å². The maximum absolute atomic E-state index is 7.82.